The van der Waals surface area contributed by atoms with Crippen molar-refractivity contribution in [3.63, 3.8) is 0 Å². The zero-order chi connectivity index (χ0) is 22.2. The summed E-state index contributed by atoms with van der Waals surface area (Å²) >= 11 is 12.1. The third-order valence-corrected chi connectivity index (χ3v) is 5.34. The van der Waals surface area contributed by atoms with Crippen LogP contribution in [0.5, 0.6) is 0 Å². The lowest BCUT2D eigenvalue weighted by Crippen LogP contribution is -2.16. The normalized spacial score (nSPS) is 11.1. The highest BCUT2D eigenvalue weighted by Crippen LogP contribution is 2.26. The quantitative estimate of drug-likeness (QED) is 0.410. The van der Waals surface area contributed by atoms with Crippen LogP contribution in [0.1, 0.15) is 16.1 Å². The minimum atomic E-state index is -0.391. The fourth-order valence-electron chi connectivity index (χ4n) is 3.37. The summed E-state index contributed by atoms with van der Waals surface area (Å²) in [6.45, 7) is 1.83. The van der Waals surface area contributed by atoms with Gasteiger partial charge in [0, 0.05) is 11.1 Å². The molecule has 5 rings (SSSR count). The number of anilines is 1. The molecule has 0 saturated carbocycles. The van der Waals surface area contributed by atoms with E-state index in [1.165, 1.54) is 12.4 Å². The number of benzene rings is 2. The van der Waals surface area contributed by atoms with E-state index in [2.05, 4.69) is 25.5 Å². The number of nitrogens with zero attached hydrogens (tertiary/aromatic N) is 6. The standard InChI is InChI=1S/C22H15Cl2N7O/c1-13-9-19(28-22(32)16-8-7-14(23)10-18(16)24)31(29-13)21-17-11-27-30(20(17)25-12-26-21)15-5-3-2-4-6-15/h2-12H,1H3,(H,28,32). The van der Waals surface area contributed by atoms with Crippen molar-refractivity contribution in [1.82, 2.24) is 29.5 Å². The molecule has 0 bridgehead atoms. The second-order valence-corrected chi connectivity index (χ2v) is 7.83. The minimum absolute atomic E-state index is 0.256. The van der Waals surface area contributed by atoms with Gasteiger partial charge in [0.1, 0.15) is 12.1 Å². The van der Waals surface area contributed by atoms with Gasteiger partial charge in [0.05, 0.1) is 33.6 Å². The molecule has 0 unspecified atom stereocenters. The maximum atomic E-state index is 12.9. The van der Waals surface area contributed by atoms with E-state index in [0.717, 1.165) is 5.69 Å². The smallest absolute Gasteiger partial charge is 0.258 e. The summed E-state index contributed by atoms with van der Waals surface area (Å²) in [4.78, 5) is 21.7. The van der Waals surface area contributed by atoms with Crippen LogP contribution >= 0.6 is 23.2 Å². The van der Waals surface area contributed by atoms with Crippen molar-refractivity contribution in [3.8, 4) is 11.5 Å². The highest BCUT2D eigenvalue weighted by Gasteiger charge is 2.19. The predicted octanol–water partition coefficient (Wildman–Crippen LogP) is 4.87. The minimum Gasteiger partial charge on any atom is -0.306 e. The molecule has 0 aliphatic heterocycles. The van der Waals surface area contributed by atoms with Crippen LogP contribution in [0.4, 0.5) is 5.82 Å². The predicted molar refractivity (Wildman–Crippen MR) is 123 cm³/mol. The first-order valence-corrected chi connectivity index (χ1v) is 10.3. The fourth-order valence-corrected chi connectivity index (χ4v) is 3.86. The maximum absolute atomic E-state index is 12.9. The SMILES string of the molecule is Cc1cc(NC(=O)c2ccc(Cl)cc2Cl)n(-c2ncnc3c2cnn3-c2ccccc2)n1. The van der Waals surface area contributed by atoms with Crippen LogP contribution in [0.2, 0.25) is 10.0 Å². The summed E-state index contributed by atoms with van der Waals surface area (Å²) in [5, 5.41) is 13.2. The summed E-state index contributed by atoms with van der Waals surface area (Å²) in [5.74, 6) is 0.534. The van der Waals surface area contributed by atoms with Crippen LogP contribution in [0.15, 0.2) is 67.1 Å². The Kier molecular flexibility index (Phi) is 5.08. The lowest BCUT2D eigenvalue weighted by atomic mass is 10.2. The van der Waals surface area contributed by atoms with E-state index in [1.807, 2.05) is 37.3 Å². The number of rotatable bonds is 4. The summed E-state index contributed by atoms with van der Waals surface area (Å²) in [7, 11) is 0. The zero-order valence-electron chi connectivity index (χ0n) is 16.7. The molecule has 3 aromatic heterocycles. The Hall–Kier alpha value is -3.75. The summed E-state index contributed by atoms with van der Waals surface area (Å²) in [6, 6.07) is 16.1. The van der Waals surface area contributed by atoms with Crippen molar-refractivity contribution in [1.29, 1.82) is 0 Å². The number of halogens is 2. The molecule has 0 saturated heterocycles. The van der Waals surface area contributed by atoms with Crippen LogP contribution < -0.4 is 5.32 Å². The first kappa shape index (κ1) is 20.2. The van der Waals surface area contributed by atoms with Gasteiger partial charge in [-0.3, -0.25) is 4.79 Å². The third-order valence-electron chi connectivity index (χ3n) is 4.80. The molecule has 32 heavy (non-hydrogen) atoms. The molecule has 0 fully saturated rings. The summed E-state index contributed by atoms with van der Waals surface area (Å²) in [6.07, 6.45) is 3.12. The monoisotopic (exact) mass is 463 g/mol. The molecule has 1 N–H and O–H groups in total. The topological polar surface area (TPSA) is 90.5 Å². The summed E-state index contributed by atoms with van der Waals surface area (Å²) in [5.41, 5.74) is 2.48. The number of carbonyl (C=O) groups is 1. The van der Waals surface area contributed by atoms with Gasteiger partial charge in [-0.1, -0.05) is 41.4 Å². The molecule has 0 aliphatic carbocycles. The number of amides is 1. The van der Waals surface area contributed by atoms with E-state index in [0.29, 0.717) is 38.9 Å². The Balaban J connectivity index is 1.57. The van der Waals surface area contributed by atoms with Gasteiger partial charge in [-0.25, -0.2) is 14.6 Å². The van der Waals surface area contributed by atoms with Crippen molar-refractivity contribution in [3.05, 3.63) is 88.4 Å². The van der Waals surface area contributed by atoms with Crippen molar-refractivity contribution < 1.29 is 4.79 Å². The molecule has 0 radical (unpaired) electrons. The maximum Gasteiger partial charge on any atom is 0.258 e. The Bertz CT molecular complexity index is 1460. The van der Waals surface area contributed by atoms with Gasteiger partial charge in [0.15, 0.2) is 11.5 Å². The largest absolute Gasteiger partial charge is 0.306 e. The molecule has 1 amide bonds. The van der Waals surface area contributed by atoms with Crippen molar-refractivity contribution >= 4 is 46.0 Å². The van der Waals surface area contributed by atoms with E-state index in [9.17, 15) is 4.79 Å². The van der Waals surface area contributed by atoms with Crippen molar-refractivity contribution in [2.24, 2.45) is 0 Å². The van der Waals surface area contributed by atoms with Crippen LogP contribution in [0.25, 0.3) is 22.5 Å². The number of nitrogens with one attached hydrogen (secondary N) is 1. The van der Waals surface area contributed by atoms with Gasteiger partial charge >= 0.3 is 0 Å². The first-order chi connectivity index (χ1) is 15.5. The number of aryl methyl sites for hydroxylation is 1. The Labute approximate surface area is 192 Å². The van der Waals surface area contributed by atoms with Gasteiger partial charge in [-0.2, -0.15) is 14.9 Å². The molecular formula is C22H15Cl2N7O. The third kappa shape index (κ3) is 3.59. The average Bonchev–Trinajstić information content (AvgIpc) is 3.37. The fraction of sp³-hybridized carbons (Fsp3) is 0.0455. The number of hydrogen-bond donors (Lipinski definition) is 1. The van der Waals surface area contributed by atoms with Gasteiger partial charge in [0.2, 0.25) is 0 Å². The van der Waals surface area contributed by atoms with Gasteiger partial charge in [-0.15, -0.1) is 0 Å². The number of fused-ring (bicyclic) bond motifs is 1. The number of para-hydroxylation sites is 1. The second kappa shape index (κ2) is 8.07. The molecular weight excluding hydrogens is 449 g/mol. The number of carbonyl (C=O) groups excluding carboxylic acids is 1. The first-order valence-electron chi connectivity index (χ1n) is 9.59. The molecule has 5 aromatic rings. The second-order valence-electron chi connectivity index (χ2n) is 6.99. The van der Waals surface area contributed by atoms with Crippen molar-refractivity contribution in [2.45, 2.75) is 6.92 Å². The lowest BCUT2D eigenvalue weighted by molar-refractivity contribution is 0.102. The highest BCUT2D eigenvalue weighted by atomic mass is 35.5. The van der Waals surface area contributed by atoms with Crippen molar-refractivity contribution in [2.75, 3.05) is 5.32 Å². The van der Waals surface area contributed by atoms with Crippen LogP contribution in [0.3, 0.4) is 0 Å². The zero-order valence-corrected chi connectivity index (χ0v) is 18.2. The van der Waals surface area contributed by atoms with E-state index in [1.54, 1.807) is 33.8 Å². The molecule has 10 heteroatoms. The Morgan fingerprint density at radius 3 is 2.59 bits per heavy atom. The number of aromatic nitrogens is 6. The van der Waals surface area contributed by atoms with Gasteiger partial charge in [0.25, 0.3) is 5.91 Å². The van der Waals surface area contributed by atoms with E-state index in [4.69, 9.17) is 23.2 Å². The van der Waals surface area contributed by atoms with E-state index >= 15 is 0 Å². The Morgan fingerprint density at radius 1 is 1.00 bits per heavy atom. The molecule has 0 spiro atoms. The molecule has 3 heterocycles. The highest BCUT2D eigenvalue weighted by molar-refractivity contribution is 6.37. The molecule has 8 nitrogen and oxygen atoms in total. The molecule has 158 valence electrons. The lowest BCUT2D eigenvalue weighted by Gasteiger charge is -2.10. The van der Waals surface area contributed by atoms with Gasteiger partial charge in [-0.05, 0) is 37.3 Å². The van der Waals surface area contributed by atoms with Crippen LogP contribution in [0, 0.1) is 6.92 Å². The van der Waals surface area contributed by atoms with Gasteiger partial charge < -0.3 is 5.32 Å². The average molecular weight is 464 g/mol. The molecule has 0 atom stereocenters. The van der Waals surface area contributed by atoms with E-state index in [-0.39, 0.29) is 5.02 Å². The van der Waals surface area contributed by atoms with E-state index < -0.39 is 5.91 Å². The van der Waals surface area contributed by atoms with Crippen LogP contribution in [-0.2, 0) is 0 Å². The Morgan fingerprint density at radius 2 is 1.81 bits per heavy atom. The summed E-state index contributed by atoms with van der Waals surface area (Å²) < 4.78 is 3.28. The van der Waals surface area contributed by atoms with Crippen LogP contribution in [-0.4, -0.2) is 35.4 Å². The molecule has 2 aromatic carbocycles. The molecule has 0 aliphatic rings. The number of hydrogen-bond acceptors (Lipinski definition) is 5.